The van der Waals surface area contributed by atoms with Crippen molar-refractivity contribution in [3.8, 4) is 0 Å². The SMILES string of the molecule is CCO[P@@](=O)([C@H](Cc1ccccc1)NS(=O)(=O)c1ccc(C)cc1)[C@H](Nc1ccccc1)c1cccc2ccccc12. The molecule has 0 aliphatic heterocycles. The zero-order valence-corrected chi connectivity index (χ0v) is 25.4. The van der Waals surface area contributed by atoms with E-state index in [0.29, 0.717) is 0 Å². The Kier molecular flexibility index (Phi) is 9.24. The number of sulfonamides is 1. The normalized spacial score (nSPS) is 14.6. The van der Waals surface area contributed by atoms with Gasteiger partial charge in [0.05, 0.1) is 11.5 Å². The molecule has 5 aromatic carbocycles. The molecular weight excluding hydrogens is 563 g/mol. The molecule has 8 heteroatoms. The molecule has 0 aliphatic rings. The quantitative estimate of drug-likeness (QED) is 0.142. The minimum Gasteiger partial charge on any atom is -0.370 e. The number of anilines is 1. The van der Waals surface area contributed by atoms with Gasteiger partial charge in [-0.05, 0) is 66.4 Å². The second-order valence-electron chi connectivity index (χ2n) is 10.2. The molecule has 0 radical (unpaired) electrons. The molecule has 0 unspecified atom stereocenters. The van der Waals surface area contributed by atoms with E-state index in [1.807, 2.05) is 110 Å². The van der Waals surface area contributed by atoms with Gasteiger partial charge in [-0.3, -0.25) is 4.57 Å². The second kappa shape index (κ2) is 13.1. The molecule has 216 valence electrons. The zero-order valence-electron chi connectivity index (χ0n) is 23.7. The number of fused-ring (bicyclic) bond motifs is 1. The maximum Gasteiger partial charge on any atom is 0.246 e. The van der Waals surface area contributed by atoms with Crippen LogP contribution < -0.4 is 10.0 Å². The van der Waals surface area contributed by atoms with E-state index in [0.717, 1.165) is 33.2 Å². The number of rotatable bonds is 12. The van der Waals surface area contributed by atoms with Crippen LogP contribution in [0.5, 0.6) is 0 Å². The molecule has 0 aromatic heterocycles. The maximum absolute atomic E-state index is 15.6. The summed E-state index contributed by atoms with van der Waals surface area (Å²) in [6.07, 6.45) is 0.168. The lowest BCUT2D eigenvalue weighted by Crippen LogP contribution is -2.39. The molecule has 0 amide bonds. The second-order valence-corrected chi connectivity index (χ2v) is 14.6. The third-order valence-corrected chi connectivity index (χ3v) is 11.8. The van der Waals surface area contributed by atoms with Crippen molar-refractivity contribution < 1.29 is 17.5 Å². The van der Waals surface area contributed by atoms with E-state index in [1.54, 1.807) is 31.2 Å². The first-order valence-electron chi connectivity index (χ1n) is 14.0. The topological polar surface area (TPSA) is 84.5 Å². The number of nitrogens with one attached hydrogen (secondary N) is 2. The molecule has 0 heterocycles. The van der Waals surface area contributed by atoms with Gasteiger partial charge < -0.3 is 9.84 Å². The minimum atomic E-state index is -4.06. The lowest BCUT2D eigenvalue weighted by molar-refractivity contribution is 0.316. The number of hydrogen-bond acceptors (Lipinski definition) is 5. The van der Waals surface area contributed by atoms with Crippen LogP contribution in [0, 0.1) is 6.92 Å². The molecule has 6 nitrogen and oxygen atoms in total. The fraction of sp³-hybridized carbons (Fsp3) is 0.176. The Balaban J connectivity index is 1.69. The van der Waals surface area contributed by atoms with Crippen LogP contribution in [0.3, 0.4) is 0 Å². The summed E-state index contributed by atoms with van der Waals surface area (Å²) < 4.78 is 52.4. The van der Waals surface area contributed by atoms with Crippen LogP contribution in [0.1, 0.15) is 29.4 Å². The molecule has 3 atom stereocenters. The highest BCUT2D eigenvalue weighted by Crippen LogP contribution is 2.64. The van der Waals surface area contributed by atoms with Crippen molar-refractivity contribution in [2.24, 2.45) is 0 Å². The first kappa shape index (κ1) is 29.7. The van der Waals surface area contributed by atoms with Crippen LogP contribution >= 0.6 is 7.37 Å². The largest absolute Gasteiger partial charge is 0.370 e. The van der Waals surface area contributed by atoms with Gasteiger partial charge in [0.25, 0.3) is 0 Å². The van der Waals surface area contributed by atoms with E-state index in [-0.39, 0.29) is 17.9 Å². The summed E-state index contributed by atoms with van der Waals surface area (Å²) in [7, 11) is -7.98. The van der Waals surface area contributed by atoms with Gasteiger partial charge in [-0.2, -0.15) is 4.72 Å². The predicted octanol–water partition coefficient (Wildman–Crippen LogP) is 8.12. The Bertz CT molecular complexity index is 1770. The average Bonchev–Trinajstić information content (AvgIpc) is 3.00. The lowest BCUT2D eigenvalue weighted by atomic mass is 10.0. The van der Waals surface area contributed by atoms with Crippen molar-refractivity contribution in [3.05, 3.63) is 144 Å². The van der Waals surface area contributed by atoms with E-state index in [2.05, 4.69) is 10.0 Å². The number of aryl methyl sites for hydroxylation is 1. The van der Waals surface area contributed by atoms with Crippen LogP contribution in [-0.4, -0.2) is 20.8 Å². The number of hydrogen-bond donors (Lipinski definition) is 2. The highest BCUT2D eigenvalue weighted by atomic mass is 32.2. The highest BCUT2D eigenvalue weighted by Gasteiger charge is 2.45. The van der Waals surface area contributed by atoms with Crippen LogP contribution in [0.4, 0.5) is 5.69 Å². The van der Waals surface area contributed by atoms with E-state index in [9.17, 15) is 8.42 Å². The van der Waals surface area contributed by atoms with Gasteiger partial charge in [-0.1, -0.05) is 109 Å². The van der Waals surface area contributed by atoms with Gasteiger partial charge in [-0.15, -0.1) is 0 Å². The van der Waals surface area contributed by atoms with E-state index in [1.165, 1.54) is 0 Å². The van der Waals surface area contributed by atoms with Crippen molar-refractivity contribution in [1.82, 2.24) is 4.72 Å². The summed E-state index contributed by atoms with van der Waals surface area (Å²) in [4.78, 5) is 0.104. The van der Waals surface area contributed by atoms with Gasteiger partial charge in [0.15, 0.2) is 0 Å². The Morgan fingerprint density at radius 1 is 0.762 bits per heavy atom. The van der Waals surface area contributed by atoms with Gasteiger partial charge in [0, 0.05) is 5.69 Å². The highest BCUT2D eigenvalue weighted by molar-refractivity contribution is 7.90. The van der Waals surface area contributed by atoms with E-state index < -0.39 is 29.0 Å². The van der Waals surface area contributed by atoms with Crippen molar-refractivity contribution in [3.63, 3.8) is 0 Å². The van der Waals surface area contributed by atoms with Crippen LogP contribution in [-0.2, 0) is 25.5 Å². The number of benzene rings is 5. The van der Waals surface area contributed by atoms with Crippen molar-refractivity contribution in [1.29, 1.82) is 0 Å². The Hall–Kier alpha value is -3.74. The zero-order chi connectivity index (χ0) is 29.6. The smallest absolute Gasteiger partial charge is 0.246 e. The molecule has 0 saturated carbocycles. The first-order chi connectivity index (χ1) is 20.3. The van der Waals surface area contributed by atoms with Crippen LogP contribution in [0.25, 0.3) is 10.8 Å². The first-order valence-corrected chi connectivity index (χ1v) is 17.2. The summed E-state index contributed by atoms with van der Waals surface area (Å²) in [5, 5.41) is 5.38. The van der Waals surface area contributed by atoms with Crippen molar-refractivity contribution in [2.75, 3.05) is 11.9 Å². The summed E-state index contributed by atoms with van der Waals surface area (Å²) in [5.74, 6) is -1.94. The van der Waals surface area contributed by atoms with Crippen molar-refractivity contribution in [2.45, 2.75) is 36.7 Å². The summed E-state index contributed by atoms with van der Waals surface area (Å²) >= 11 is 0. The third kappa shape index (κ3) is 6.66. The molecule has 2 N–H and O–H groups in total. The molecular formula is C34H35N2O4PS. The minimum absolute atomic E-state index is 0.104. The Morgan fingerprint density at radius 2 is 1.38 bits per heavy atom. The summed E-state index contributed by atoms with van der Waals surface area (Å²) in [5.41, 5.74) is 3.29. The maximum atomic E-state index is 15.6. The molecule has 0 saturated heterocycles. The average molecular weight is 599 g/mol. The Labute approximate surface area is 248 Å². The summed E-state index contributed by atoms with van der Waals surface area (Å²) in [6, 6.07) is 39.4. The van der Waals surface area contributed by atoms with Gasteiger partial charge in [0.2, 0.25) is 17.4 Å². The standard InChI is InChI=1S/C34H35N2O4PS/c1-3-40-41(37,33(25-27-13-6-4-7-14-27)36-42(38,39)30-23-21-26(2)22-24-30)34(35-29-17-8-5-9-18-29)32-20-12-16-28-15-10-11-19-31(28)32/h4-24,33-36H,3,25H2,1-2H3/t33-,34+,41+/m1/s1. The fourth-order valence-corrected chi connectivity index (χ4v) is 9.71. The molecule has 0 fully saturated rings. The van der Waals surface area contributed by atoms with Gasteiger partial charge in [-0.25, -0.2) is 8.42 Å². The molecule has 42 heavy (non-hydrogen) atoms. The van der Waals surface area contributed by atoms with E-state index in [4.69, 9.17) is 4.52 Å². The monoisotopic (exact) mass is 598 g/mol. The molecule has 0 spiro atoms. The summed E-state index contributed by atoms with van der Waals surface area (Å²) in [6.45, 7) is 3.81. The molecule has 5 rings (SSSR count). The Morgan fingerprint density at radius 3 is 2.07 bits per heavy atom. The van der Waals surface area contributed by atoms with Gasteiger partial charge >= 0.3 is 0 Å². The lowest BCUT2D eigenvalue weighted by Gasteiger charge is -2.35. The van der Waals surface area contributed by atoms with Crippen LogP contribution in [0.2, 0.25) is 0 Å². The van der Waals surface area contributed by atoms with Crippen LogP contribution in [0.15, 0.2) is 132 Å². The third-order valence-electron chi connectivity index (χ3n) is 7.21. The fourth-order valence-electron chi connectivity index (χ4n) is 5.13. The van der Waals surface area contributed by atoms with E-state index >= 15 is 4.57 Å². The molecule has 5 aromatic rings. The predicted molar refractivity (Wildman–Crippen MR) is 171 cm³/mol. The van der Waals surface area contributed by atoms with Gasteiger partial charge in [0.1, 0.15) is 11.6 Å². The molecule has 0 bridgehead atoms. The van der Waals surface area contributed by atoms with Crippen molar-refractivity contribution >= 4 is 33.9 Å². The number of para-hydroxylation sites is 1. The molecule has 0 aliphatic carbocycles.